The van der Waals surface area contributed by atoms with Crippen molar-refractivity contribution < 1.29 is 0 Å². The van der Waals surface area contributed by atoms with Crippen LogP contribution in [0.2, 0.25) is 0 Å². The van der Waals surface area contributed by atoms with E-state index in [1.807, 2.05) is 0 Å². The minimum absolute atomic E-state index is 0.891. The third kappa shape index (κ3) is 2.10. The Hall–Kier alpha value is -1.56. The summed E-state index contributed by atoms with van der Waals surface area (Å²) < 4.78 is 0. The molecular formula is C19H20. The lowest BCUT2D eigenvalue weighted by atomic mass is 9.67. The van der Waals surface area contributed by atoms with Crippen molar-refractivity contribution in [2.75, 3.05) is 0 Å². The predicted molar refractivity (Wildman–Crippen MR) is 80.7 cm³/mol. The summed E-state index contributed by atoms with van der Waals surface area (Å²) in [5.41, 5.74) is 6.44. The maximum absolute atomic E-state index is 2.29. The first-order valence-corrected chi connectivity index (χ1v) is 7.52. The summed E-state index contributed by atoms with van der Waals surface area (Å²) in [6.07, 6.45) is 24.6. The van der Waals surface area contributed by atoms with Gasteiger partial charge in [0.15, 0.2) is 0 Å². The maximum Gasteiger partial charge on any atom is -0.0264 e. The number of hydrogen-bond acceptors (Lipinski definition) is 0. The predicted octanol–water partition coefficient (Wildman–Crippen LogP) is 5.04. The van der Waals surface area contributed by atoms with Gasteiger partial charge in [0.05, 0.1) is 0 Å². The lowest BCUT2D eigenvalue weighted by Gasteiger charge is -2.38. The second-order valence-corrected chi connectivity index (χ2v) is 6.34. The van der Waals surface area contributed by atoms with Gasteiger partial charge in [-0.05, 0) is 55.1 Å². The molecule has 0 heterocycles. The van der Waals surface area contributed by atoms with Crippen LogP contribution in [0, 0.1) is 11.8 Å². The van der Waals surface area contributed by atoms with E-state index in [2.05, 4.69) is 48.6 Å². The molecule has 4 aliphatic carbocycles. The van der Waals surface area contributed by atoms with Crippen molar-refractivity contribution in [3.05, 3.63) is 70.9 Å². The van der Waals surface area contributed by atoms with Crippen LogP contribution in [-0.4, -0.2) is 0 Å². The van der Waals surface area contributed by atoms with Gasteiger partial charge in [-0.2, -0.15) is 0 Å². The fraction of sp³-hybridized carbons (Fsp3) is 0.368. The Morgan fingerprint density at radius 1 is 0.579 bits per heavy atom. The molecule has 2 bridgehead atoms. The van der Waals surface area contributed by atoms with E-state index in [1.165, 1.54) is 43.3 Å². The van der Waals surface area contributed by atoms with E-state index in [0.29, 0.717) is 0 Å². The van der Waals surface area contributed by atoms with Gasteiger partial charge in [0.1, 0.15) is 0 Å². The van der Waals surface area contributed by atoms with Crippen LogP contribution in [0.3, 0.4) is 0 Å². The molecule has 0 aromatic carbocycles. The zero-order valence-corrected chi connectivity index (χ0v) is 11.3. The van der Waals surface area contributed by atoms with Gasteiger partial charge >= 0.3 is 0 Å². The van der Waals surface area contributed by atoms with E-state index in [-0.39, 0.29) is 0 Å². The number of fused-ring (bicyclic) bond motifs is 2. The Bertz CT molecular complexity index is 479. The summed E-state index contributed by atoms with van der Waals surface area (Å²) >= 11 is 0. The third-order valence-corrected chi connectivity index (χ3v) is 4.95. The Balaban J connectivity index is 1.60. The van der Waals surface area contributed by atoms with E-state index < -0.39 is 0 Å². The quantitative estimate of drug-likeness (QED) is 0.563. The fourth-order valence-electron chi connectivity index (χ4n) is 4.20. The van der Waals surface area contributed by atoms with E-state index >= 15 is 0 Å². The topological polar surface area (TPSA) is 0 Å². The highest BCUT2D eigenvalue weighted by molar-refractivity contribution is 5.46. The first-order valence-electron chi connectivity index (χ1n) is 7.52. The molecule has 2 fully saturated rings. The zero-order chi connectivity index (χ0) is 12.7. The molecule has 0 saturated heterocycles. The molecule has 0 nitrogen and oxygen atoms in total. The monoisotopic (exact) mass is 248 g/mol. The van der Waals surface area contributed by atoms with Gasteiger partial charge in [-0.1, -0.05) is 59.8 Å². The smallest absolute Gasteiger partial charge is 0.0264 e. The second kappa shape index (κ2) is 4.52. The number of rotatable bonds is 0. The van der Waals surface area contributed by atoms with Crippen LogP contribution in [0.5, 0.6) is 0 Å². The molecule has 4 rings (SSSR count). The maximum atomic E-state index is 2.29. The number of allylic oxidation sites excluding steroid dienone is 12. The molecule has 0 radical (unpaired) electrons. The van der Waals surface area contributed by atoms with Gasteiger partial charge in [-0.3, -0.25) is 0 Å². The van der Waals surface area contributed by atoms with Crippen molar-refractivity contribution in [3.8, 4) is 0 Å². The molecule has 0 spiro atoms. The van der Waals surface area contributed by atoms with Crippen LogP contribution >= 0.6 is 0 Å². The van der Waals surface area contributed by atoms with Crippen LogP contribution in [0.1, 0.15) is 32.1 Å². The molecular weight excluding hydrogens is 228 g/mol. The van der Waals surface area contributed by atoms with Crippen molar-refractivity contribution in [1.29, 1.82) is 0 Å². The largest absolute Gasteiger partial charge is 0.0624 e. The summed E-state index contributed by atoms with van der Waals surface area (Å²) in [6, 6.07) is 0. The molecule has 0 heteroatoms. The zero-order valence-electron chi connectivity index (χ0n) is 11.3. The van der Waals surface area contributed by atoms with Gasteiger partial charge in [-0.15, -0.1) is 0 Å². The fourth-order valence-corrected chi connectivity index (χ4v) is 4.20. The molecule has 0 aliphatic heterocycles. The molecule has 19 heavy (non-hydrogen) atoms. The highest BCUT2D eigenvalue weighted by Crippen LogP contribution is 2.47. The molecule has 0 aromatic rings. The highest BCUT2D eigenvalue weighted by atomic mass is 14.4. The molecule has 0 atom stereocenters. The van der Waals surface area contributed by atoms with Crippen molar-refractivity contribution >= 4 is 0 Å². The second-order valence-electron chi connectivity index (χ2n) is 6.34. The van der Waals surface area contributed by atoms with Gasteiger partial charge in [0.2, 0.25) is 0 Å². The Morgan fingerprint density at radius 2 is 0.947 bits per heavy atom. The van der Waals surface area contributed by atoms with Crippen molar-refractivity contribution in [1.82, 2.24) is 0 Å². The molecule has 0 amide bonds. The van der Waals surface area contributed by atoms with Gasteiger partial charge in [0, 0.05) is 0 Å². The molecule has 0 unspecified atom stereocenters. The minimum Gasteiger partial charge on any atom is -0.0624 e. The van der Waals surface area contributed by atoms with Crippen LogP contribution < -0.4 is 0 Å². The highest BCUT2D eigenvalue weighted by Gasteiger charge is 2.32. The Morgan fingerprint density at radius 3 is 1.32 bits per heavy atom. The van der Waals surface area contributed by atoms with Crippen molar-refractivity contribution in [2.24, 2.45) is 11.8 Å². The van der Waals surface area contributed by atoms with Crippen LogP contribution in [-0.2, 0) is 0 Å². The van der Waals surface area contributed by atoms with Gasteiger partial charge < -0.3 is 0 Å². The molecule has 0 N–H and O–H groups in total. The molecule has 0 aromatic heterocycles. The van der Waals surface area contributed by atoms with Crippen LogP contribution in [0.25, 0.3) is 0 Å². The lowest BCUT2D eigenvalue weighted by Crippen LogP contribution is -2.24. The van der Waals surface area contributed by atoms with E-state index in [1.54, 1.807) is 11.1 Å². The molecule has 2 saturated carbocycles. The summed E-state index contributed by atoms with van der Waals surface area (Å²) in [5.74, 6) is 1.78. The Kier molecular flexibility index (Phi) is 2.69. The minimum atomic E-state index is 0.891. The number of hydrogen-bond donors (Lipinski definition) is 0. The first kappa shape index (κ1) is 11.3. The normalized spacial score (nSPS) is 32.0. The van der Waals surface area contributed by atoms with Crippen LogP contribution in [0.15, 0.2) is 70.9 Å². The van der Waals surface area contributed by atoms with E-state index in [0.717, 1.165) is 11.8 Å². The van der Waals surface area contributed by atoms with Crippen molar-refractivity contribution in [3.63, 3.8) is 0 Å². The Labute approximate surface area is 115 Å². The summed E-state index contributed by atoms with van der Waals surface area (Å²) in [6.45, 7) is 0. The third-order valence-electron chi connectivity index (χ3n) is 4.95. The first-order chi connectivity index (χ1) is 9.38. The molecule has 96 valence electrons. The van der Waals surface area contributed by atoms with E-state index in [9.17, 15) is 0 Å². The van der Waals surface area contributed by atoms with Gasteiger partial charge in [-0.25, -0.2) is 0 Å². The average molecular weight is 248 g/mol. The van der Waals surface area contributed by atoms with E-state index in [4.69, 9.17) is 0 Å². The summed E-state index contributed by atoms with van der Waals surface area (Å²) in [4.78, 5) is 0. The molecule has 4 aliphatic rings. The SMILES string of the molecule is C1=CC(=C2CC3CC(=C4C=CC=C4)CC(C2)C3)C=C1. The summed E-state index contributed by atoms with van der Waals surface area (Å²) in [5, 5.41) is 0. The standard InChI is InChI=1S/C19H20/c1-2-6-16(5-1)18-10-14-9-15(11-18)13-19(12-14)17-7-3-4-8-17/h1-8,14-15H,9-13H2. The average Bonchev–Trinajstić information content (AvgIpc) is 3.11. The van der Waals surface area contributed by atoms with Gasteiger partial charge in [0.25, 0.3) is 0 Å². The van der Waals surface area contributed by atoms with Crippen LogP contribution in [0.4, 0.5) is 0 Å². The van der Waals surface area contributed by atoms with Crippen molar-refractivity contribution in [2.45, 2.75) is 32.1 Å². The summed E-state index contributed by atoms with van der Waals surface area (Å²) in [7, 11) is 0. The lowest BCUT2D eigenvalue weighted by molar-refractivity contribution is 0.271.